The van der Waals surface area contributed by atoms with Crippen LogP contribution in [0.1, 0.15) is 16.8 Å². The molecular weight excluding hydrogens is 239 g/mol. The van der Waals surface area contributed by atoms with Crippen LogP contribution < -0.4 is 4.31 Å². The summed E-state index contributed by atoms with van der Waals surface area (Å²) in [6.07, 6.45) is -0.619. The molecule has 6 heteroatoms. The maximum atomic E-state index is 13.3. The van der Waals surface area contributed by atoms with Crippen molar-refractivity contribution in [3.05, 3.63) is 29.6 Å². The van der Waals surface area contributed by atoms with E-state index in [1.54, 1.807) is 0 Å². The molecule has 0 saturated carbocycles. The Balaban J connectivity index is 2.60. The third-order valence-corrected chi connectivity index (χ3v) is 2.87. The molecule has 1 aliphatic heterocycles. The van der Waals surface area contributed by atoms with E-state index in [-0.39, 0.29) is 17.8 Å². The summed E-state index contributed by atoms with van der Waals surface area (Å²) in [6, 6.07) is 3.20. The summed E-state index contributed by atoms with van der Waals surface area (Å²) >= 11 is 3.99. The Morgan fingerprint density at radius 3 is 2.75 bits per heavy atom. The molecule has 0 atom stereocenters. The van der Waals surface area contributed by atoms with E-state index in [0.29, 0.717) is 0 Å². The van der Waals surface area contributed by atoms with E-state index >= 15 is 0 Å². The van der Waals surface area contributed by atoms with Crippen LogP contribution in [0.3, 0.4) is 0 Å². The summed E-state index contributed by atoms with van der Waals surface area (Å²) in [6.45, 7) is -0.0690. The number of rotatable bonds is 0. The predicted molar refractivity (Wildman–Crippen MR) is 56.6 cm³/mol. The third-order valence-electron chi connectivity index (χ3n) is 2.45. The van der Waals surface area contributed by atoms with E-state index in [0.717, 1.165) is 12.1 Å². The number of benzene rings is 1. The van der Waals surface area contributed by atoms with E-state index in [1.165, 1.54) is 10.4 Å². The van der Waals surface area contributed by atoms with Crippen molar-refractivity contribution in [1.82, 2.24) is 0 Å². The summed E-state index contributed by atoms with van der Waals surface area (Å²) in [5.41, 5.74) is -0.107. The van der Waals surface area contributed by atoms with E-state index in [4.69, 9.17) is 0 Å². The van der Waals surface area contributed by atoms with Gasteiger partial charge in [-0.15, -0.1) is 0 Å². The molecule has 0 bridgehead atoms. The van der Waals surface area contributed by atoms with Gasteiger partial charge in [0.1, 0.15) is 5.82 Å². The van der Waals surface area contributed by atoms with E-state index < -0.39 is 23.9 Å². The number of halogens is 3. The SMILES string of the molecule is O=C1c2cc(F)ccc2N(S)CCC1(F)F. The second kappa shape index (κ2) is 3.69. The maximum Gasteiger partial charge on any atom is 0.311 e. The monoisotopic (exact) mass is 247 g/mol. The highest BCUT2D eigenvalue weighted by Gasteiger charge is 2.43. The normalized spacial score (nSPS) is 19.2. The number of hydrogen-bond donors (Lipinski definition) is 1. The van der Waals surface area contributed by atoms with Gasteiger partial charge in [0.05, 0.1) is 11.3 Å². The molecule has 0 amide bonds. The van der Waals surface area contributed by atoms with Gasteiger partial charge >= 0.3 is 5.92 Å². The molecule has 0 spiro atoms. The number of Topliss-reactive ketones (excluding diaryl/α,β-unsaturated/α-hetero) is 1. The van der Waals surface area contributed by atoms with Crippen molar-refractivity contribution >= 4 is 24.3 Å². The molecule has 0 fully saturated rings. The number of anilines is 1. The lowest BCUT2D eigenvalue weighted by atomic mass is 10.0. The van der Waals surface area contributed by atoms with Crippen LogP contribution in [0.4, 0.5) is 18.9 Å². The Bertz CT molecular complexity index is 450. The highest BCUT2D eigenvalue weighted by atomic mass is 32.1. The lowest BCUT2D eigenvalue weighted by Crippen LogP contribution is -2.28. The Morgan fingerprint density at radius 2 is 2.06 bits per heavy atom. The minimum atomic E-state index is -3.46. The average molecular weight is 247 g/mol. The molecule has 0 unspecified atom stereocenters. The van der Waals surface area contributed by atoms with Crippen molar-refractivity contribution < 1.29 is 18.0 Å². The number of thiol groups is 1. The van der Waals surface area contributed by atoms with E-state index in [9.17, 15) is 18.0 Å². The zero-order valence-corrected chi connectivity index (χ0v) is 8.98. The minimum absolute atomic E-state index is 0.0690. The van der Waals surface area contributed by atoms with Crippen LogP contribution in [-0.4, -0.2) is 18.3 Å². The lowest BCUT2D eigenvalue weighted by molar-refractivity contribution is 0.00780. The Labute approximate surface area is 95.6 Å². The fraction of sp³-hybridized carbons (Fsp3) is 0.300. The largest absolute Gasteiger partial charge is 0.318 e. The summed E-state index contributed by atoms with van der Waals surface area (Å²) in [5, 5.41) is 0. The summed E-state index contributed by atoms with van der Waals surface area (Å²) in [5.74, 6) is -5.52. The van der Waals surface area contributed by atoms with Gasteiger partial charge in [0.25, 0.3) is 0 Å². The first-order valence-corrected chi connectivity index (χ1v) is 5.00. The first-order chi connectivity index (χ1) is 7.42. The molecule has 16 heavy (non-hydrogen) atoms. The highest BCUT2D eigenvalue weighted by Crippen LogP contribution is 2.35. The zero-order valence-electron chi connectivity index (χ0n) is 8.08. The number of carbonyl (C=O) groups is 1. The number of carbonyl (C=O) groups excluding carboxylic acids is 1. The first-order valence-electron chi connectivity index (χ1n) is 4.60. The van der Waals surface area contributed by atoms with Crippen molar-refractivity contribution in [2.24, 2.45) is 0 Å². The van der Waals surface area contributed by atoms with Crippen LogP contribution in [0.2, 0.25) is 0 Å². The standard InChI is InChI=1S/C10H8F3NOS/c11-6-1-2-8-7(5-6)9(15)10(12,13)3-4-14(8)16/h1-2,5,16H,3-4H2. The molecule has 1 heterocycles. The molecule has 1 aliphatic rings. The second-order valence-electron chi connectivity index (χ2n) is 3.57. The lowest BCUT2D eigenvalue weighted by Gasteiger charge is -2.16. The van der Waals surface area contributed by atoms with Crippen LogP contribution in [0.5, 0.6) is 0 Å². The van der Waals surface area contributed by atoms with Gasteiger partial charge < -0.3 is 4.31 Å². The van der Waals surface area contributed by atoms with Crippen molar-refractivity contribution in [3.63, 3.8) is 0 Å². The van der Waals surface area contributed by atoms with Gasteiger partial charge in [-0.3, -0.25) is 4.79 Å². The van der Waals surface area contributed by atoms with Crippen LogP contribution in [-0.2, 0) is 0 Å². The number of fused-ring (bicyclic) bond motifs is 1. The smallest absolute Gasteiger partial charge is 0.311 e. The molecule has 2 rings (SSSR count). The van der Waals surface area contributed by atoms with Crippen LogP contribution in [0.15, 0.2) is 18.2 Å². The Morgan fingerprint density at radius 1 is 1.38 bits per heavy atom. The molecule has 1 aromatic rings. The first kappa shape index (κ1) is 11.3. The topological polar surface area (TPSA) is 20.3 Å². The quantitative estimate of drug-likeness (QED) is 0.711. The van der Waals surface area contributed by atoms with Gasteiger partial charge in [-0.1, -0.05) is 12.8 Å². The van der Waals surface area contributed by atoms with Gasteiger partial charge in [0.2, 0.25) is 5.78 Å². The number of alkyl halides is 2. The average Bonchev–Trinajstić information content (AvgIpc) is 2.31. The molecular formula is C10H8F3NOS. The molecule has 1 aromatic carbocycles. The van der Waals surface area contributed by atoms with Gasteiger partial charge in [-0.05, 0) is 18.2 Å². The predicted octanol–water partition coefficient (Wildman–Crippen LogP) is 2.70. The van der Waals surface area contributed by atoms with Gasteiger partial charge in [-0.2, -0.15) is 8.78 Å². The summed E-state index contributed by atoms with van der Waals surface area (Å²) in [4.78, 5) is 11.5. The molecule has 2 nitrogen and oxygen atoms in total. The number of ketones is 1. The van der Waals surface area contributed by atoms with Crippen molar-refractivity contribution in [3.8, 4) is 0 Å². The summed E-state index contributed by atoms with van der Waals surface area (Å²) < 4.78 is 40.8. The fourth-order valence-corrected chi connectivity index (χ4v) is 1.87. The maximum absolute atomic E-state index is 13.3. The molecule has 0 aliphatic carbocycles. The van der Waals surface area contributed by atoms with Crippen LogP contribution in [0, 0.1) is 5.82 Å². The second-order valence-corrected chi connectivity index (χ2v) is 4.05. The molecule has 0 radical (unpaired) electrons. The number of hydrogen-bond acceptors (Lipinski definition) is 3. The third kappa shape index (κ3) is 1.77. The van der Waals surface area contributed by atoms with E-state index in [1.807, 2.05) is 0 Å². The Kier molecular flexibility index (Phi) is 2.61. The van der Waals surface area contributed by atoms with Gasteiger partial charge in [0.15, 0.2) is 0 Å². The van der Waals surface area contributed by atoms with Crippen molar-refractivity contribution in [2.75, 3.05) is 10.8 Å². The van der Waals surface area contributed by atoms with Gasteiger partial charge in [-0.25, -0.2) is 4.39 Å². The van der Waals surface area contributed by atoms with Crippen molar-refractivity contribution in [2.45, 2.75) is 12.3 Å². The molecule has 86 valence electrons. The van der Waals surface area contributed by atoms with Crippen molar-refractivity contribution in [1.29, 1.82) is 0 Å². The van der Waals surface area contributed by atoms with E-state index in [2.05, 4.69) is 12.8 Å². The van der Waals surface area contributed by atoms with Crippen LogP contribution >= 0.6 is 12.8 Å². The zero-order chi connectivity index (χ0) is 11.9. The van der Waals surface area contributed by atoms with Gasteiger partial charge in [0, 0.05) is 13.0 Å². The summed E-state index contributed by atoms with van der Waals surface area (Å²) in [7, 11) is 0. The fourth-order valence-electron chi connectivity index (χ4n) is 1.59. The van der Waals surface area contributed by atoms with Crippen LogP contribution in [0.25, 0.3) is 0 Å². The minimum Gasteiger partial charge on any atom is -0.318 e. The molecule has 0 saturated heterocycles. The molecule has 0 aromatic heterocycles. The Hall–Kier alpha value is -1.17. The molecule has 0 N–H and O–H groups in total. The highest BCUT2D eigenvalue weighted by molar-refractivity contribution is 7.81. The number of nitrogens with zero attached hydrogens (tertiary/aromatic N) is 1.